The van der Waals surface area contributed by atoms with Gasteiger partial charge in [-0.1, -0.05) is 0 Å². The molecule has 0 aliphatic carbocycles. The average Bonchev–Trinajstić information content (AvgIpc) is 2.42. The van der Waals surface area contributed by atoms with Crippen LogP contribution in [-0.2, 0) is 4.79 Å². The summed E-state index contributed by atoms with van der Waals surface area (Å²) < 4.78 is 1.65. The van der Waals surface area contributed by atoms with E-state index in [4.69, 9.17) is 5.84 Å². The second kappa shape index (κ2) is 3.57. The van der Waals surface area contributed by atoms with Gasteiger partial charge < -0.3 is 0 Å². The van der Waals surface area contributed by atoms with E-state index in [9.17, 15) is 4.79 Å². The Kier molecular flexibility index (Phi) is 2.67. The Labute approximate surface area is 76.9 Å². The Morgan fingerprint density at radius 1 is 1.69 bits per heavy atom. The van der Waals surface area contributed by atoms with Gasteiger partial charge in [-0.2, -0.15) is 5.10 Å². The summed E-state index contributed by atoms with van der Waals surface area (Å²) in [7, 11) is 0. The van der Waals surface area contributed by atoms with Crippen LogP contribution >= 0.6 is 0 Å². The molecule has 1 aromatic rings. The predicted molar refractivity (Wildman–Crippen MR) is 48.7 cm³/mol. The van der Waals surface area contributed by atoms with Gasteiger partial charge in [0.05, 0.1) is 5.69 Å². The molecular formula is C8H14N4O. The van der Waals surface area contributed by atoms with Gasteiger partial charge in [-0.05, 0) is 26.8 Å². The minimum absolute atomic E-state index is 0.244. The lowest BCUT2D eigenvalue weighted by molar-refractivity contribution is -0.124. The highest BCUT2D eigenvalue weighted by Gasteiger charge is 2.15. The molecule has 0 aromatic carbocycles. The van der Waals surface area contributed by atoms with Gasteiger partial charge in [0.25, 0.3) is 5.91 Å². The molecular weight excluding hydrogens is 168 g/mol. The normalized spacial score (nSPS) is 12.6. The van der Waals surface area contributed by atoms with Crippen molar-refractivity contribution in [3.63, 3.8) is 0 Å². The molecule has 0 aliphatic rings. The van der Waals surface area contributed by atoms with Crippen LogP contribution < -0.4 is 11.3 Å². The lowest BCUT2D eigenvalue weighted by atomic mass is 10.3. The molecule has 3 N–H and O–H groups in total. The number of carbonyl (C=O) groups excluding carboxylic acids is 1. The summed E-state index contributed by atoms with van der Waals surface area (Å²) in [5.74, 6) is 4.78. The van der Waals surface area contributed by atoms with Crippen molar-refractivity contribution in [1.29, 1.82) is 0 Å². The summed E-state index contributed by atoms with van der Waals surface area (Å²) in [4.78, 5) is 11.2. The summed E-state index contributed by atoms with van der Waals surface area (Å²) in [6, 6.07) is 1.55. The van der Waals surface area contributed by atoms with Gasteiger partial charge in [-0.15, -0.1) is 0 Å². The number of aromatic nitrogens is 2. The van der Waals surface area contributed by atoms with Crippen LogP contribution in [0.25, 0.3) is 0 Å². The number of aryl methyl sites for hydroxylation is 2. The maximum absolute atomic E-state index is 11.2. The molecule has 5 nitrogen and oxygen atoms in total. The zero-order chi connectivity index (χ0) is 10.0. The quantitative estimate of drug-likeness (QED) is 0.385. The number of hydrazine groups is 1. The van der Waals surface area contributed by atoms with Crippen LogP contribution in [0.5, 0.6) is 0 Å². The van der Waals surface area contributed by atoms with Gasteiger partial charge in [-0.25, -0.2) is 5.84 Å². The SMILES string of the molecule is Cc1cc(C)n([C@@H](C)C(=O)NN)n1. The highest BCUT2D eigenvalue weighted by atomic mass is 16.2. The second-order valence-corrected chi connectivity index (χ2v) is 3.06. The Morgan fingerprint density at radius 3 is 2.69 bits per heavy atom. The molecule has 1 heterocycles. The maximum atomic E-state index is 11.2. The van der Waals surface area contributed by atoms with Crippen molar-refractivity contribution in [2.24, 2.45) is 5.84 Å². The third-order valence-electron chi connectivity index (χ3n) is 1.93. The third-order valence-corrected chi connectivity index (χ3v) is 1.93. The molecule has 0 radical (unpaired) electrons. The van der Waals surface area contributed by atoms with Crippen LogP contribution in [0.1, 0.15) is 24.4 Å². The van der Waals surface area contributed by atoms with Crippen molar-refractivity contribution < 1.29 is 4.79 Å². The van der Waals surface area contributed by atoms with E-state index in [1.54, 1.807) is 11.6 Å². The summed E-state index contributed by atoms with van der Waals surface area (Å²) in [5, 5.41) is 4.18. The predicted octanol–water partition coefficient (Wildman–Crippen LogP) is 0.0508. The largest absolute Gasteiger partial charge is 0.292 e. The van der Waals surface area contributed by atoms with Gasteiger partial charge in [0.2, 0.25) is 0 Å². The van der Waals surface area contributed by atoms with Gasteiger partial charge in [0, 0.05) is 5.69 Å². The molecule has 5 heteroatoms. The maximum Gasteiger partial charge on any atom is 0.258 e. The van der Waals surface area contributed by atoms with E-state index in [0.29, 0.717) is 0 Å². The molecule has 1 amide bonds. The first-order valence-electron chi connectivity index (χ1n) is 4.09. The first-order valence-corrected chi connectivity index (χ1v) is 4.09. The van der Waals surface area contributed by atoms with Gasteiger partial charge >= 0.3 is 0 Å². The molecule has 0 aliphatic heterocycles. The average molecular weight is 182 g/mol. The van der Waals surface area contributed by atoms with Crippen LogP contribution in [0.4, 0.5) is 0 Å². The van der Waals surface area contributed by atoms with Crippen molar-refractivity contribution in [3.8, 4) is 0 Å². The van der Waals surface area contributed by atoms with E-state index >= 15 is 0 Å². The van der Waals surface area contributed by atoms with Crippen LogP contribution in [0.15, 0.2) is 6.07 Å². The van der Waals surface area contributed by atoms with E-state index in [-0.39, 0.29) is 11.9 Å². The number of hydrogen-bond acceptors (Lipinski definition) is 3. The zero-order valence-electron chi connectivity index (χ0n) is 8.03. The van der Waals surface area contributed by atoms with E-state index in [2.05, 4.69) is 10.5 Å². The van der Waals surface area contributed by atoms with E-state index in [0.717, 1.165) is 11.4 Å². The molecule has 13 heavy (non-hydrogen) atoms. The number of hydrogen-bond donors (Lipinski definition) is 2. The first-order chi connectivity index (χ1) is 6.06. The van der Waals surface area contributed by atoms with Crippen molar-refractivity contribution in [2.45, 2.75) is 26.8 Å². The Hall–Kier alpha value is -1.36. The Bertz CT molecular complexity index is 318. The number of nitrogens with one attached hydrogen (secondary N) is 1. The summed E-state index contributed by atoms with van der Waals surface area (Å²) >= 11 is 0. The minimum Gasteiger partial charge on any atom is -0.292 e. The number of rotatable bonds is 2. The second-order valence-electron chi connectivity index (χ2n) is 3.06. The molecule has 1 rings (SSSR count). The number of carbonyl (C=O) groups is 1. The minimum atomic E-state index is -0.362. The Morgan fingerprint density at radius 2 is 2.31 bits per heavy atom. The molecule has 0 saturated heterocycles. The fourth-order valence-corrected chi connectivity index (χ4v) is 1.27. The lowest BCUT2D eigenvalue weighted by Crippen LogP contribution is -2.36. The van der Waals surface area contributed by atoms with E-state index in [1.165, 1.54) is 0 Å². The number of nitrogens with zero attached hydrogens (tertiary/aromatic N) is 2. The van der Waals surface area contributed by atoms with Crippen LogP contribution in [0, 0.1) is 13.8 Å². The van der Waals surface area contributed by atoms with Gasteiger partial charge in [0.1, 0.15) is 6.04 Å². The van der Waals surface area contributed by atoms with Crippen LogP contribution in [0.3, 0.4) is 0 Å². The molecule has 0 spiro atoms. The summed E-state index contributed by atoms with van der Waals surface area (Å²) in [6.07, 6.45) is 0. The number of nitrogens with two attached hydrogens (primary N) is 1. The topological polar surface area (TPSA) is 72.9 Å². The van der Waals surface area contributed by atoms with Crippen LogP contribution in [-0.4, -0.2) is 15.7 Å². The fourth-order valence-electron chi connectivity index (χ4n) is 1.27. The fraction of sp³-hybridized carbons (Fsp3) is 0.500. The van der Waals surface area contributed by atoms with Crippen molar-refractivity contribution >= 4 is 5.91 Å². The highest BCUT2D eigenvalue weighted by Crippen LogP contribution is 2.09. The first kappa shape index (κ1) is 9.73. The molecule has 0 saturated carbocycles. The van der Waals surface area contributed by atoms with Crippen LogP contribution in [0.2, 0.25) is 0 Å². The standard InChI is InChI=1S/C8H14N4O/c1-5-4-6(2)12(11-5)7(3)8(13)10-9/h4,7H,9H2,1-3H3,(H,10,13)/t7-/m0/s1. The number of amides is 1. The van der Waals surface area contributed by atoms with E-state index in [1.807, 2.05) is 19.9 Å². The van der Waals surface area contributed by atoms with Crippen molar-refractivity contribution in [3.05, 3.63) is 17.5 Å². The van der Waals surface area contributed by atoms with Gasteiger partial charge in [0.15, 0.2) is 0 Å². The highest BCUT2D eigenvalue weighted by molar-refractivity contribution is 5.79. The molecule has 0 fully saturated rings. The molecule has 1 aromatic heterocycles. The lowest BCUT2D eigenvalue weighted by Gasteiger charge is -2.11. The van der Waals surface area contributed by atoms with Gasteiger partial charge in [-0.3, -0.25) is 14.9 Å². The monoisotopic (exact) mass is 182 g/mol. The summed E-state index contributed by atoms with van der Waals surface area (Å²) in [5.41, 5.74) is 3.95. The zero-order valence-corrected chi connectivity index (χ0v) is 8.03. The molecule has 1 atom stereocenters. The smallest absolute Gasteiger partial charge is 0.258 e. The van der Waals surface area contributed by atoms with Crippen molar-refractivity contribution in [2.75, 3.05) is 0 Å². The van der Waals surface area contributed by atoms with Crippen molar-refractivity contribution in [1.82, 2.24) is 15.2 Å². The Balaban J connectivity index is 2.94. The summed E-state index contributed by atoms with van der Waals surface area (Å²) in [6.45, 7) is 5.54. The molecule has 0 bridgehead atoms. The third kappa shape index (κ3) is 1.86. The molecule has 0 unspecified atom stereocenters. The van der Waals surface area contributed by atoms with E-state index < -0.39 is 0 Å². The molecule has 72 valence electrons.